The molecule has 1 aromatic heterocycles. The fraction of sp³-hybridized carbons (Fsp3) is 0.250. The van der Waals surface area contributed by atoms with Gasteiger partial charge < -0.3 is 9.73 Å². The minimum atomic E-state index is -0.181. The number of hydrogen-bond acceptors (Lipinski definition) is 3. The van der Waals surface area contributed by atoms with E-state index in [1.807, 2.05) is 73.5 Å². The van der Waals surface area contributed by atoms with Crippen molar-refractivity contribution < 1.29 is 9.21 Å². The van der Waals surface area contributed by atoms with Crippen molar-refractivity contribution in [1.29, 1.82) is 0 Å². The van der Waals surface area contributed by atoms with Gasteiger partial charge in [0.05, 0.1) is 12.6 Å². The predicted molar refractivity (Wildman–Crippen MR) is 101 cm³/mol. The summed E-state index contributed by atoms with van der Waals surface area (Å²) in [6, 6.07) is 17.3. The number of fused-ring (bicyclic) bond motifs is 1. The molecule has 25 heavy (non-hydrogen) atoms. The number of halogens is 1. The molecule has 0 saturated heterocycles. The fourth-order valence-corrected chi connectivity index (χ4v) is 3.03. The molecule has 2 aromatic carbocycles. The van der Waals surface area contributed by atoms with Gasteiger partial charge in [0, 0.05) is 17.0 Å². The Bertz CT molecular complexity index is 842. The lowest BCUT2D eigenvalue weighted by molar-refractivity contribution is -0.122. The highest BCUT2D eigenvalue weighted by Crippen LogP contribution is 2.23. The molecule has 0 aliphatic heterocycles. The van der Waals surface area contributed by atoms with E-state index in [4.69, 9.17) is 16.0 Å². The van der Waals surface area contributed by atoms with Crippen LogP contribution in [-0.2, 0) is 11.3 Å². The second-order valence-corrected chi connectivity index (χ2v) is 6.71. The molecule has 4 nitrogen and oxygen atoms in total. The molecule has 1 atom stereocenters. The van der Waals surface area contributed by atoms with Gasteiger partial charge in [-0.15, -0.1) is 0 Å². The molecular weight excluding hydrogens is 336 g/mol. The Balaban J connectivity index is 1.56. The van der Waals surface area contributed by atoms with Crippen molar-refractivity contribution in [3.8, 4) is 0 Å². The number of furan rings is 1. The third kappa shape index (κ3) is 4.62. The zero-order valence-electron chi connectivity index (χ0n) is 14.3. The second-order valence-electron chi connectivity index (χ2n) is 6.28. The van der Waals surface area contributed by atoms with Crippen LogP contribution in [0.4, 0.5) is 0 Å². The Morgan fingerprint density at radius 2 is 2.00 bits per heavy atom. The van der Waals surface area contributed by atoms with Crippen LogP contribution in [0.2, 0.25) is 5.02 Å². The first kappa shape index (κ1) is 17.5. The van der Waals surface area contributed by atoms with Gasteiger partial charge in [-0.25, -0.2) is 0 Å². The number of nitrogens with zero attached hydrogens (tertiary/aromatic N) is 1. The van der Waals surface area contributed by atoms with Crippen LogP contribution in [0.15, 0.2) is 59.0 Å². The summed E-state index contributed by atoms with van der Waals surface area (Å²) in [7, 11) is 1.91. The van der Waals surface area contributed by atoms with Crippen molar-refractivity contribution in [1.82, 2.24) is 10.2 Å². The quantitative estimate of drug-likeness (QED) is 0.712. The van der Waals surface area contributed by atoms with E-state index in [-0.39, 0.29) is 11.9 Å². The van der Waals surface area contributed by atoms with Gasteiger partial charge in [0.2, 0.25) is 5.91 Å². The number of benzene rings is 2. The average Bonchev–Trinajstić information content (AvgIpc) is 2.98. The molecule has 0 spiro atoms. The van der Waals surface area contributed by atoms with Crippen LogP contribution in [0.25, 0.3) is 11.0 Å². The molecule has 130 valence electrons. The number of carbonyl (C=O) groups excluding carboxylic acids is 1. The summed E-state index contributed by atoms with van der Waals surface area (Å²) in [5, 5.41) is 4.73. The van der Waals surface area contributed by atoms with Crippen molar-refractivity contribution in [2.45, 2.75) is 19.5 Å². The SMILES string of the molecule is C[C@H](NC(=O)CN(C)Cc1cccc(Cl)c1)c1cc2ccccc2o1. The maximum absolute atomic E-state index is 12.3. The number of amides is 1. The third-order valence-electron chi connectivity index (χ3n) is 4.00. The summed E-state index contributed by atoms with van der Waals surface area (Å²) >= 11 is 6.00. The van der Waals surface area contributed by atoms with Crippen molar-refractivity contribution in [2.24, 2.45) is 0 Å². The fourth-order valence-electron chi connectivity index (χ4n) is 2.82. The van der Waals surface area contributed by atoms with E-state index in [0.717, 1.165) is 22.3 Å². The monoisotopic (exact) mass is 356 g/mol. The van der Waals surface area contributed by atoms with Gasteiger partial charge in [0.25, 0.3) is 0 Å². The molecule has 0 radical (unpaired) electrons. The Kier molecular flexibility index (Phi) is 5.41. The van der Waals surface area contributed by atoms with E-state index in [0.29, 0.717) is 18.1 Å². The normalized spacial score (nSPS) is 12.5. The highest BCUT2D eigenvalue weighted by Gasteiger charge is 2.15. The van der Waals surface area contributed by atoms with Crippen LogP contribution >= 0.6 is 11.6 Å². The van der Waals surface area contributed by atoms with Gasteiger partial charge in [-0.1, -0.05) is 41.9 Å². The van der Waals surface area contributed by atoms with Crippen LogP contribution in [0.5, 0.6) is 0 Å². The standard InChI is InChI=1S/C20H21ClN2O2/c1-14(19-11-16-7-3-4-9-18(16)25-19)22-20(24)13-23(2)12-15-6-5-8-17(21)10-15/h3-11,14H,12-13H2,1-2H3,(H,22,24)/t14-/m0/s1. The first-order valence-electron chi connectivity index (χ1n) is 8.22. The molecule has 5 heteroatoms. The van der Waals surface area contributed by atoms with E-state index >= 15 is 0 Å². The summed E-state index contributed by atoms with van der Waals surface area (Å²) in [6.07, 6.45) is 0. The van der Waals surface area contributed by atoms with Crippen LogP contribution < -0.4 is 5.32 Å². The van der Waals surface area contributed by atoms with Crippen molar-refractivity contribution in [3.63, 3.8) is 0 Å². The largest absolute Gasteiger partial charge is 0.459 e. The number of nitrogens with one attached hydrogen (secondary N) is 1. The molecule has 0 bridgehead atoms. The summed E-state index contributed by atoms with van der Waals surface area (Å²) in [5.41, 5.74) is 1.91. The molecule has 1 heterocycles. The third-order valence-corrected chi connectivity index (χ3v) is 4.24. The zero-order chi connectivity index (χ0) is 17.8. The molecule has 1 N–H and O–H groups in total. The topological polar surface area (TPSA) is 45.5 Å². The van der Waals surface area contributed by atoms with Gasteiger partial charge in [-0.2, -0.15) is 0 Å². The van der Waals surface area contributed by atoms with Gasteiger partial charge in [-0.3, -0.25) is 9.69 Å². The van der Waals surface area contributed by atoms with Crippen LogP contribution in [0.3, 0.4) is 0 Å². The molecule has 0 unspecified atom stereocenters. The summed E-state index contributed by atoms with van der Waals surface area (Å²) in [4.78, 5) is 14.2. The van der Waals surface area contributed by atoms with E-state index in [1.54, 1.807) is 0 Å². The molecule has 0 aliphatic carbocycles. The maximum Gasteiger partial charge on any atom is 0.234 e. The Hall–Kier alpha value is -2.30. The lowest BCUT2D eigenvalue weighted by atomic mass is 10.2. The lowest BCUT2D eigenvalue weighted by Crippen LogP contribution is -2.36. The molecule has 0 fully saturated rings. The first-order chi connectivity index (χ1) is 12.0. The van der Waals surface area contributed by atoms with Crippen molar-refractivity contribution in [2.75, 3.05) is 13.6 Å². The molecule has 3 rings (SSSR count). The number of para-hydroxylation sites is 1. The Morgan fingerprint density at radius 1 is 1.20 bits per heavy atom. The van der Waals surface area contributed by atoms with Gasteiger partial charge >= 0.3 is 0 Å². The van der Waals surface area contributed by atoms with Crippen LogP contribution in [-0.4, -0.2) is 24.4 Å². The summed E-state index contributed by atoms with van der Waals surface area (Å²) < 4.78 is 5.80. The van der Waals surface area contributed by atoms with Crippen molar-refractivity contribution in [3.05, 3.63) is 70.9 Å². The first-order valence-corrected chi connectivity index (χ1v) is 8.60. The maximum atomic E-state index is 12.3. The molecule has 3 aromatic rings. The van der Waals surface area contributed by atoms with E-state index in [2.05, 4.69) is 5.32 Å². The van der Waals surface area contributed by atoms with E-state index in [9.17, 15) is 4.79 Å². The predicted octanol–water partition coefficient (Wildman–Crippen LogP) is 4.40. The Labute approximate surface area is 152 Å². The highest BCUT2D eigenvalue weighted by molar-refractivity contribution is 6.30. The minimum Gasteiger partial charge on any atom is -0.459 e. The van der Waals surface area contributed by atoms with E-state index in [1.165, 1.54) is 0 Å². The molecular formula is C20H21ClN2O2. The smallest absolute Gasteiger partial charge is 0.234 e. The van der Waals surface area contributed by atoms with Gasteiger partial charge in [-0.05, 0) is 43.8 Å². The minimum absolute atomic E-state index is 0.0440. The van der Waals surface area contributed by atoms with Gasteiger partial charge in [0.15, 0.2) is 0 Å². The molecule has 1 amide bonds. The summed E-state index contributed by atoms with van der Waals surface area (Å²) in [5.74, 6) is 0.713. The number of likely N-dealkylation sites (N-methyl/N-ethyl adjacent to an activating group) is 1. The van der Waals surface area contributed by atoms with Crippen LogP contribution in [0, 0.1) is 0 Å². The molecule has 0 aliphatic rings. The number of carbonyl (C=O) groups is 1. The summed E-state index contributed by atoms with van der Waals surface area (Å²) in [6.45, 7) is 2.89. The van der Waals surface area contributed by atoms with Crippen LogP contribution in [0.1, 0.15) is 24.3 Å². The second kappa shape index (κ2) is 7.72. The van der Waals surface area contributed by atoms with Gasteiger partial charge in [0.1, 0.15) is 11.3 Å². The highest BCUT2D eigenvalue weighted by atomic mass is 35.5. The lowest BCUT2D eigenvalue weighted by Gasteiger charge is -2.18. The molecule has 0 saturated carbocycles. The average molecular weight is 357 g/mol. The Morgan fingerprint density at radius 3 is 2.76 bits per heavy atom. The van der Waals surface area contributed by atoms with Crippen molar-refractivity contribution >= 4 is 28.5 Å². The zero-order valence-corrected chi connectivity index (χ0v) is 15.1. The number of rotatable bonds is 6. The number of hydrogen-bond donors (Lipinski definition) is 1. The van der Waals surface area contributed by atoms with E-state index < -0.39 is 0 Å².